The molecule has 1 amide bonds. The number of halogens is 2. The van der Waals surface area contributed by atoms with E-state index in [-0.39, 0.29) is 17.4 Å². The molecule has 0 spiro atoms. The second-order valence-corrected chi connectivity index (χ2v) is 8.61. The SMILES string of the molecule is C=CC(=O)N1CCCC(n2nc(-c3ccc(-n4ccc(=O)cc4)cc3F)c3cncc(Cl)c32)C1. The average Bonchev–Trinajstić information content (AvgIpc) is 3.25. The van der Waals surface area contributed by atoms with Gasteiger partial charge in [-0.25, -0.2) is 4.39 Å². The molecule has 0 aliphatic carbocycles. The van der Waals surface area contributed by atoms with Crippen LogP contribution in [0.25, 0.3) is 27.8 Å². The Hall–Kier alpha value is -3.78. The van der Waals surface area contributed by atoms with E-state index >= 15 is 4.39 Å². The summed E-state index contributed by atoms with van der Waals surface area (Å²) < 4.78 is 18.8. The van der Waals surface area contributed by atoms with E-state index in [4.69, 9.17) is 16.7 Å². The van der Waals surface area contributed by atoms with Gasteiger partial charge in [-0.1, -0.05) is 18.2 Å². The molecule has 1 atom stereocenters. The first-order valence-electron chi connectivity index (χ1n) is 10.9. The molecule has 1 saturated heterocycles. The second kappa shape index (κ2) is 8.87. The number of hydrogen-bond acceptors (Lipinski definition) is 4. The van der Waals surface area contributed by atoms with Crippen LogP contribution < -0.4 is 5.43 Å². The van der Waals surface area contributed by atoms with Crippen LogP contribution in [-0.4, -0.2) is 43.2 Å². The molecule has 1 fully saturated rings. The fourth-order valence-electron chi connectivity index (χ4n) is 4.43. The fraction of sp³-hybridized carbons (Fsp3) is 0.200. The van der Waals surface area contributed by atoms with Crippen molar-refractivity contribution < 1.29 is 9.18 Å². The number of amides is 1. The molecule has 34 heavy (non-hydrogen) atoms. The topological polar surface area (TPSA) is 73.0 Å². The number of carbonyl (C=O) groups is 1. The van der Waals surface area contributed by atoms with Crippen LogP contribution in [0.15, 0.2) is 72.6 Å². The van der Waals surface area contributed by atoms with Gasteiger partial charge < -0.3 is 9.47 Å². The number of nitrogens with zero attached hydrogens (tertiary/aromatic N) is 5. The van der Waals surface area contributed by atoms with Crippen LogP contribution in [0.3, 0.4) is 0 Å². The Bertz CT molecular complexity index is 1460. The molecule has 0 N–H and O–H groups in total. The monoisotopic (exact) mass is 477 g/mol. The Morgan fingerprint density at radius 1 is 1.21 bits per heavy atom. The predicted molar refractivity (Wildman–Crippen MR) is 129 cm³/mol. The summed E-state index contributed by atoms with van der Waals surface area (Å²) in [7, 11) is 0. The zero-order chi connectivity index (χ0) is 23.8. The van der Waals surface area contributed by atoms with Crippen molar-refractivity contribution >= 4 is 28.4 Å². The van der Waals surface area contributed by atoms with Crippen molar-refractivity contribution in [2.75, 3.05) is 13.1 Å². The highest BCUT2D eigenvalue weighted by molar-refractivity contribution is 6.35. The Morgan fingerprint density at radius 3 is 2.74 bits per heavy atom. The molecule has 1 aromatic carbocycles. The summed E-state index contributed by atoms with van der Waals surface area (Å²) in [6.07, 6.45) is 9.27. The molecule has 4 heterocycles. The number of carbonyl (C=O) groups excluding carboxylic acids is 1. The van der Waals surface area contributed by atoms with Crippen LogP contribution >= 0.6 is 11.6 Å². The minimum atomic E-state index is -0.463. The number of piperidine rings is 1. The predicted octanol–water partition coefficient (Wildman–Crippen LogP) is 4.39. The minimum absolute atomic E-state index is 0.114. The van der Waals surface area contributed by atoms with E-state index in [1.807, 2.05) is 0 Å². The van der Waals surface area contributed by atoms with Crippen molar-refractivity contribution in [3.63, 3.8) is 0 Å². The van der Waals surface area contributed by atoms with Gasteiger partial charge in [-0.15, -0.1) is 0 Å². The van der Waals surface area contributed by atoms with Gasteiger partial charge in [0, 0.05) is 66.6 Å². The smallest absolute Gasteiger partial charge is 0.246 e. The third kappa shape index (κ3) is 3.90. The second-order valence-electron chi connectivity index (χ2n) is 8.20. The van der Waals surface area contributed by atoms with Gasteiger partial charge in [-0.2, -0.15) is 5.10 Å². The Morgan fingerprint density at radius 2 is 2.00 bits per heavy atom. The summed E-state index contributed by atoms with van der Waals surface area (Å²) in [5, 5.41) is 5.82. The highest BCUT2D eigenvalue weighted by Crippen LogP contribution is 2.36. The van der Waals surface area contributed by atoms with Crippen LogP contribution in [-0.2, 0) is 4.79 Å². The van der Waals surface area contributed by atoms with Crippen LogP contribution in [0.5, 0.6) is 0 Å². The lowest BCUT2D eigenvalue weighted by molar-refractivity contribution is -0.127. The van der Waals surface area contributed by atoms with Crippen molar-refractivity contribution in [3.8, 4) is 16.9 Å². The molecular formula is C25H21ClFN5O2. The standard InChI is InChI=1S/C25H21ClFN5O2/c1-2-23(34)31-9-3-4-17(15-31)32-25-20(13-28-14-21(25)26)24(29-32)19-6-5-16(12-22(19)27)30-10-7-18(33)8-11-30/h2,5-8,10-14,17H,1,3-4,9,15H2. The van der Waals surface area contributed by atoms with Gasteiger partial charge in [0.15, 0.2) is 5.43 Å². The number of likely N-dealkylation sites (tertiary alicyclic amines) is 1. The number of hydrogen-bond donors (Lipinski definition) is 0. The van der Waals surface area contributed by atoms with E-state index in [0.717, 1.165) is 12.8 Å². The molecular weight excluding hydrogens is 457 g/mol. The summed E-state index contributed by atoms with van der Waals surface area (Å²) in [6.45, 7) is 4.70. The van der Waals surface area contributed by atoms with Gasteiger partial charge in [0.25, 0.3) is 0 Å². The first kappa shape index (κ1) is 22.0. The molecule has 1 aliphatic heterocycles. The molecule has 0 saturated carbocycles. The number of fused-ring (bicyclic) bond motifs is 1. The summed E-state index contributed by atoms with van der Waals surface area (Å²) in [5.74, 6) is -0.590. The maximum Gasteiger partial charge on any atom is 0.246 e. The lowest BCUT2D eigenvalue weighted by atomic mass is 10.1. The van der Waals surface area contributed by atoms with E-state index in [1.165, 1.54) is 30.5 Å². The van der Waals surface area contributed by atoms with Crippen molar-refractivity contribution in [2.24, 2.45) is 0 Å². The third-order valence-electron chi connectivity index (χ3n) is 6.10. The van der Waals surface area contributed by atoms with Gasteiger partial charge >= 0.3 is 0 Å². The number of aromatic nitrogens is 4. The van der Waals surface area contributed by atoms with Crippen LogP contribution in [0.4, 0.5) is 4.39 Å². The maximum atomic E-state index is 15.4. The normalized spacial score (nSPS) is 16.1. The van der Waals surface area contributed by atoms with Gasteiger partial charge in [0.2, 0.25) is 5.91 Å². The zero-order valence-corrected chi connectivity index (χ0v) is 19.0. The van der Waals surface area contributed by atoms with Crippen LogP contribution in [0, 0.1) is 5.82 Å². The third-order valence-corrected chi connectivity index (χ3v) is 6.37. The summed E-state index contributed by atoms with van der Waals surface area (Å²) >= 11 is 6.52. The summed E-state index contributed by atoms with van der Waals surface area (Å²) in [5.41, 5.74) is 1.86. The van der Waals surface area contributed by atoms with E-state index in [1.54, 1.807) is 44.9 Å². The molecule has 7 nitrogen and oxygen atoms in total. The molecule has 0 bridgehead atoms. The van der Waals surface area contributed by atoms with Crippen molar-refractivity contribution in [1.29, 1.82) is 0 Å². The molecule has 1 unspecified atom stereocenters. The van der Waals surface area contributed by atoms with E-state index in [0.29, 0.717) is 46.0 Å². The van der Waals surface area contributed by atoms with E-state index < -0.39 is 5.82 Å². The van der Waals surface area contributed by atoms with Gasteiger partial charge in [-0.05, 0) is 37.1 Å². The van der Waals surface area contributed by atoms with E-state index in [9.17, 15) is 9.59 Å². The summed E-state index contributed by atoms with van der Waals surface area (Å²) in [4.78, 5) is 29.5. The van der Waals surface area contributed by atoms with E-state index in [2.05, 4.69) is 11.6 Å². The van der Waals surface area contributed by atoms with Crippen LogP contribution in [0.1, 0.15) is 18.9 Å². The van der Waals surface area contributed by atoms with Gasteiger partial charge in [-0.3, -0.25) is 19.3 Å². The molecule has 4 aromatic rings. The Labute approximate surface area is 199 Å². The average molecular weight is 478 g/mol. The van der Waals surface area contributed by atoms with Crippen molar-refractivity contribution in [1.82, 2.24) is 24.2 Å². The van der Waals surface area contributed by atoms with Gasteiger partial charge in [0.05, 0.1) is 16.6 Å². The number of rotatable bonds is 4. The highest BCUT2D eigenvalue weighted by atomic mass is 35.5. The lowest BCUT2D eigenvalue weighted by Crippen LogP contribution is -2.40. The number of benzene rings is 1. The van der Waals surface area contributed by atoms with Crippen molar-refractivity contribution in [3.05, 3.63) is 88.8 Å². The molecule has 9 heteroatoms. The fourth-order valence-corrected chi connectivity index (χ4v) is 4.68. The largest absolute Gasteiger partial charge is 0.337 e. The van der Waals surface area contributed by atoms with Crippen molar-refractivity contribution in [2.45, 2.75) is 18.9 Å². The van der Waals surface area contributed by atoms with Crippen LogP contribution in [0.2, 0.25) is 5.02 Å². The lowest BCUT2D eigenvalue weighted by Gasteiger charge is -2.32. The Kier molecular flexibility index (Phi) is 5.75. The first-order chi connectivity index (χ1) is 16.5. The molecule has 5 rings (SSSR count). The molecule has 0 radical (unpaired) electrons. The van der Waals surface area contributed by atoms with Gasteiger partial charge in [0.1, 0.15) is 11.5 Å². The first-order valence-corrected chi connectivity index (χ1v) is 11.3. The minimum Gasteiger partial charge on any atom is -0.337 e. The zero-order valence-electron chi connectivity index (χ0n) is 18.2. The molecule has 3 aromatic heterocycles. The summed E-state index contributed by atoms with van der Waals surface area (Å²) in [6, 6.07) is 7.53. The maximum absolute atomic E-state index is 15.4. The molecule has 1 aliphatic rings. The highest BCUT2D eigenvalue weighted by Gasteiger charge is 2.28. The quantitative estimate of drug-likeness (QED) is 0.409. The Balaban J connectivity index is 1.59. The number of pyridine rings is 2. The molecule has 172 valence electrons.